The molecule has 2 unspecified atom stereocenters. The Bertz CT molecular complexity index is 528. The lowest BCUT2D eigenvalue weighted by Gasteiger charge is -2.43. The smallest absolute Gasteiger partial charge is 0.122 e. The summed E-state index contributed by atoms with van der Waals surface area (Å²) in [7, 11) is 0. The van der Waals surface area contributed by atoms with Crippen molar-refractivity contribution in [1.29, 1.82) is 0 Å². The Kier molecular flexibility index (Phi) is 5.57. The van der Waals surface area contributed by atoms with E-state index < -0.39 is 5.60 Å². The zero-order valence-electron chi connectivity index (χ0n) is 13.6. The van der Waals surface area contributed by atoms with Gasteiger partial charge in [-0.05, 0) is 43.7 Å². The standard InChI is InChI=1S/C18H27NO2.BrH/c1-12-8-9-15-14(17(12)20)10-16(21-18(15,2)11-19)13-6-4-3-5-7-13;/h8-9,13,16,20H,3-7,10-11,19H2,1-2H3;1H. The molecule has 1 fully saturated rings. The lowest BCUT2D eigenvalue weighted by molar-refractivity contribution is -0.121. The highest BCUT2D eigenvalue weighted by Gasteiger charge is 2.40. The predicted octanol–water partition coefficient (Wildman–Crippen LogP) is 3.97. The summed E-state index contributed by atoms with van der Waals surface area (Å²) in [5.74, 6) is 1.05. The third-order valence-corrected chi connectivity index (χ3v) is 5.44. The van der Waals surface area contributed by atoms with E-state index in [0.717, 1.165) is 23.1 Å². The molecule has 0 aromatic heterocycles. The number of halogens is 1. The normalized spacial score (nSPS) is 28.8. The van der Waals surface area contributed by atoms with Crippen molar-refractivity contribution in [3.8, 4) is 5.75 Å². The molecule has 3 rings (SSSR count). The van der Waals surface area contributed by atoms with Crippen LogP contribution >= 0.6 is 17.0 Å². The summed E-state index contributed by atoms with van der Waals surface area (Å²) in [5, 5.41) is 10.5. The van der Waals surface area contributed by atoms with Crippen LogP contribution in [0.5, 0.6) is 5.75 Å². The van der Waals surface area contributed by atoms with Crippen molar-refractivity contribution in [3.05, 3.63) is 28.8 Å². The fraction of sp³-hybridized carbons (Fsp3) is 0.667. The molecule has 0 bridgehead atoms. The average molecular weight is 370 g/mol. The van der Waals surface area contributed by atoms with Crippen molar-refractivity contribution in [2.24, 2.45) is 11.7 Å². The van der Waals surface area contributed by atoms with E-state index in [0.29, 0.717) is 18.2 Å². The highest BCUT2D eigenvalue weighted by molar-refractivity contribution is 8.93. The third-order valence-electron chi connectivity index (χ3n) is 5.44. The van der Waals surface area contributed by atoms with Crippen molar-refractivity contribution in [2.45, 2.75) is 64.1 Å². The maximum Gasteiger partial charge on any atom is 0.122 e. The number of hydrogen-bond acceptors (Lipinski definition) is 3. The minimum atomic E-state index is -0.471. The van der Waals surface area contributed by atoms with Gasteiger partial charge in [0.05, 0.1) is 6.10 Å². The average Bonchev–Trinajstić information content (AvgIpc) is 2.52. The molecule has 0 saturated heterocycles. The molecule has 1 aromatic rings. The molecule has 1 saturated carbocycles. The summed E-state index contributed by atoms with van der Waals surface area (Å²) in [6, 6.07) is 4.04. The second-order valence-corrected chi connectivity index (χ2v) is 6.95. The monoisotopic (exact) mass is 369 g/mol. The molecule has 124 valence electrons. The van der Waals surface area contributed by atoms with Crippen molar-refractivity contribution in [1.82, 2.24) is 0 Å². The summed E-state index contributed by atoms with van der Waals surface area (Å²) < 4.78 is 6.45. The van der Waals surface area contributed by atoms with E-state index >= 15 is 0 Å². The summed E-state index contributed by atoms with van der Waals surface area (Å²) >= 11 is 0. The Morgan fingerprint density at radius 2 is 1.95 bits per heavy atom. The molecule has 4 heteroatoms. The van der Waals surface area contributed by atoms with Crippen LogP contribution in [0.2, 0.25) is 0 Å². The first-order chi connectivity index (χ1) is 10.0. The quantitative estimate of drug-likeness (QED) is 0.828. The minimum Gasteiger partial charge on any atom is -0.507 e. The molecular weight excluding hydrogens is 342 g/mol. The summed E-state index contributed by atoms with van der Waals surface area (Å²) in [6.45, 7) is 4.47. The summed E-state index contributed by atoms with van der Waals surface area (Å²) in [4.78, 5) is 0. The molecule has 2 aliphatic rings. The van der Waals surface area contributed by atoms with Crippen LogP contribution in [-0.2, 0) is 16.8 Å². The highest BCUT2D eigenvalue weighted by Crippen LogP contribution is 2.43. The lowest BCUT2D eigenvalue weighted by atomic mass is 9.77. The molecule has 3 N–H and O–H groups in total. The van der Waals surface area contributed by atoms with E-state index in [9.17, 15) is 5.11 Å². The van der Waals surface area contributed by atoms with Gasteiger partial charge in [-0.3, -0.25) is 0 Å². The van der Waals surface area contributed by atoms with Gasteiger partial charge >= 0.3 is 0 Å². The number of fused-ring (bicyclic) bond motifs is 1. The molecule has 1 aromatic carbocycles. The second kappa shape index (κ2) is 6.90. The van der Waals surface area contributed by atoms with Crippen LogP contribution in [0, 0.1) is 12.8 Å². The van der Waals surface area contributed by atoms with E-state index in [4.69, 9.17) is 10.5 Å². The van der Waals surface area contributed by atoms with Gasteiger partial charge in [0.25, 0.3) is 0 Å². The van der Waals surface area contributed by atoms with Gasteiger partial charge < -0.3 is 15.6 Å². The number of rotatable bonds is 2. The molecule has 0 radical (unpaired) electrons. The fourth-order valence-corrected chi connectivity index (χ4v) is 4.02. The van der Waals surface area contributed by atoms with Gasteiger partial charge in [-0.25, -0.2) is 0 Å². The molecule has 2 atom stereocenters. The number of phenolic OH excluding ortho intramolecular Hbond substituents is 1. The Morgan fingerprint density at radius 1 is 1.27 bits per heavy atom. The Balaban J connectivity index is 0.00000176. The fourth-order valence-electron chi connectivity index (χ4n) is 4.02. The molecule has 22 heavy (non-hydrogen) atoms. The van der Waals surface area contributed by atoms with E-state index in [-0.39, 0.29) is 23.1 Å². The van der Waals surface area contributed by atoms with Crippen molar-refractivity contribution >= 4 is 17.0 Å². The van der Waals surface area contributed by atoms with Gasteiger partial charge in [0.2, 0.25) is 0 Å². The molecule has 1 heterocycles. The summed E-state index contributed by atoms with van der Waals surface area (Å²) in [5.41, 5.74) is 8.63. The van der Waals surface area contributed by atoms with Gasteiger partial charge in [0.1, 0.15) is 11.4 Å². The molecule has 1 aliphatic heterocycles. The lowest BCUT2D eigenvalue weighted by Crippen LogP contribution is -2.46. The van der Waals surface area contributed by atoms with Gasteiger partial charge in [-0.1, -0.05) is 31.4 Å². The topological polar surface area (TPSA) is 55.5 Å². The number of ether oxygens (including phenoxy) is 1. The Hall–Kier alpha value is -0.580. The molecule has 0 amide bonds. The van der Waals surface area contributed by atoms with E-state index in [2.05, 4.69) is 13.0 Å². The number of benzene rings is 1. The third kappa shape index (κ3) is 3.06. The van der Waals surface area contributed by atoms with Gasteiger partial charge in [0, 0.05) is 18.5 Å². The van der Waals surface area contributed by atoms with Gasteiger partial charge in [-0.15, -0.1) is 17.0 Å². The van der Waals surface area contributed by atoms with E-state index in [1.165, 1.54) is 32.1 Å². The van der Waals surface area contributed by atoms with Crippen LogP contribution < -0.4 is 5.73 Å². The zero-order chi connectivity index (χ0) is 15.0. The molecular formula is C18H28BrNO2. The highest BCUT2D eigenvalue weighted by atomic mass is 79.9. The zero-order valence-corrected chi connectivity index (χ0v) is 15.3. The number of nitrogens with two attached hydrogens (primary N) is 1. The number of hydrogen-bond donors (Lipinski definition) is 2. The first-order valence-corrected chi connectivity index (χ1v) is 8.25. The largest absolute Gasteiger partial charge is 0.507 e. The van der Waals surface area contributed by atoms with E-state index in [1.807, 2.05) is 13.0 Å². The Labute approximate surface area is 144 Å². The van der Waals surface area contributed by atoms with Crippen LogP contribution in [-0.4, -0.2) is 17.8 Å². The van der Waals surface area contributed by atoms with Crippen molar-refractivity contribution in [2.75, 3.05) is 6.54 Å². The first kappa shape index (κ1) is 17.8. The second-order valence-electron chi connectivity index (χ2n) is 6.95. The maximum absolute atomic E-state index is 10.5. The van der Waals surface area contributed by atoms with Crippen LogP contribution in [0.1, 0.15) is 55.7 Å². The molecule has 3 nitrogen and oxygen atoms in total. The van der Waals surface area contributed by atoms with Crippen LogP contribution in [0.15, 0.2) is 12.1 Å². The number of phenols is 1. The van der Waals surface area contributed by atoms with Crippen LogP contribution in [0.25, 0.3) is 0 Å². The van der Waals surface area contributed by atoms with Crippen molar-refractivity contribution in [3.63, 3.8) is 0 Å². The molecule has 1 aliphatic carbocycles. The minimum absolute atomic E-state index is 0. The number of aryl methyl sites for hydroxylation is 1. The molecule has 0 spiro atoms. The van der Waals surface area contributed by atoms with Crippen LogP contribution in [0.4, 0.5) is 0 Å². The Morgan fingerprint density at radius 3 is 2.59 bits per heavy atom. The number of aromatic hydroxyl groups is 1. The van der Waals surface area contributed by atoms with Crippen molar-refractivity contribution < 1.29 is 9.84 Å². The predicted molar refractivity (Wildman–Crippen MR) is 94.7 cm³/mol. The SMILES string of the molecule is Br.Cc1ccc2c(c1O)CC(C1CCCCC1)OC2(C)CN. The summed E-state index contributed by atoms with van der Waals surface area (Å²) in [6.07, 6.45) is 7.45. The van der Waals surface area contributed by atoms with Crippen LogP contribution in [0.3, 0.4) is 0 Å². The van der Waals surface area contributed by atoms with Gasteiger partial charge in [-0.2, -0.15) is 0 Å². The maximum atomic E-state index is 10.5. The van der Waals surface area contributed by atoms with Gasteiger partial charge in [0.15, 0.2) is 0 Å². The van der Waals surface area contributed by atoms with E-state index in [1.54, 1.807) is 0 Å². The first-order valence-electron chi connectivity index (χ1n) is 8.25.